The molecule has 0 radical (unpaired) electrons. The highest BCUT2D eigenvalue weighted by molar-refractivity contribution is 6.02. The molecule has 8 nitrogen and oxygen atoms in total. The minimum atomic E-state index is -1.05. The predicted molar refractivity (Wildman–Crippen MR) is 132 cm³/mol. The van der Waals surface area contributed by atoms with E-state index < -0.39 is 34.6 Å². The number of hydrogen-bond donors (Lipinski definition) is 3. The summed E-state index contributed by atoms with van der Waals surface area (Å²) in [5.41, 5.74) is -1.70. The Labute approximate surface area is 207 Å². The summed E-state index contributed by atoms with van der Waals surface area (Å²) in [5, 5.41) is 15.2. The number of para-hydroxylation sites is 1. The fraction of sp³-hybridized carbons (Fsp3) is 0.667. The van der Waals surface area contributed by atoms with Gasteiger partial charge in [0.05, 0.1) is 17.4 Å². The molecule has 4 rings (SSSR count). The van der Waals surface area contributed by atoms with Crippen LogP contribution < -0.4 is 10.6 Å². The summed E-state index contributed by atoms with van der Waals surface area (Å²) >= 11 is 0. The largest absolute Gasteiger partial charge is 0.396 e. The van der Waals surface area contributed by atoms with Crippen LogP contribution in [0.3, 0.4) is 0 Å². The van der Waals surface area contributed by atoms with E-state index in [9.17, 15) is 14.4 Å². The number of hydrogen-bond acceptors (Lipinski definition) is 5. The number of ether oxygens (including phenoxy) is 1. The van der Waals surface area contributed by atoms with Crippen LogP contribution in [-0.2, 0) is 19.1 Å². The van der Waals surface area contributed by atoms with Crippen molar-refractivity contribution in [1.82, 2.24) is 10.2 Å². The summed E-state index contributed by atoms with van der Waals surface area (Å²) < 4.78 is 6.71. The zero-order valence-electron chi connectivity index (χ0n) is 21.5. The Balaban J connectivity index is 1.70. The molecule has 3 saturated heterocycles. The molecule has 1 aromatic rings. The summed E-state index contributed by atoms with van der Waals surface area (Å²) in [6, 6.07) is 8.41. The first-order valence-electron chi connectivity index (χ1n) is 12.7. The molecule has 1 spiro atoms. The second-order valence-electron chi connectivity index (χ2n) is 11.6. The minimum Gasteiger partial charge on any atom is -0.396 e. The number of aliphatic hydroxyl groups excluding tert-OH is 1. The minimum absolute atomic E-state index is 0.00245. The maximum absolute atomic E-state index is 14.0. The second-order valence-corrected chi connectivity index (χ2v) is 11.6. The maximum atomic E-state index is 14.0. The van der Waals surface area contributed by atoms with Gasteiger partial charge in [-0.05, 0) is 71.4 Å². The third-order valence-corrected chi connectivity index (χ3v) is 7.94. The molecule has 3 fully saturated rings. The molecule has 3 amide bonds. The van der Waals surface area contributed by atoms with Crippen molar-refractivity contribution in [2.24, 2.45) is 17.8 Å². The molecule has 3 heterocycles. The highest BCUT2D eigenvalue weighted by atomic mass is 16.5. The van der Waals surface area contributed by atoms with E-state index in [-0.39, 0.29) is 30.2 Å². The number of anilines is 1. The van der Waals surface area contributed by atoms with Crippen molar-refractivity contribution in [2.75, 3.05) is 18.5 Å². The molecular formula is C27H39N3O5. The fourth-order valence-electron chi connectivity index (χ4n) is 6.43. The molecule has 3 aliphatic rings. The molecule has 3 aliphatic heterocycles. The molecule has 1 aromatic carbocycles. The van der Waals surface area contributed by atoms with Gasteiger partial charge in [-0.3, -0.25) is 14.4 Å². The van der Waals surface area contributed by atoms with Crippen LogP contribution in [0.15, 0.2) is 30.3 Å². The van der Waals surface area contributed by atoms with E-state index in [2.05, 4.69) is 10.6 Å². The highest BCUT2D eigenvalue weighted by Crippen LogP contribution is 2.65. The van der Waals surface area contributed by atoms with Gasteiger partial charge in [-0.15, -0.1) is 0 Å². The normalized spacial score (nSPS) is 33.7. The number of nitrogens with zero attached hydrogens (tertiary/aromatic N) is 1. The highest BCUT2D eigenvalue weighted by Gasteiger charge is 2.79. The molecule has 192 valence electrons. The second kappa shape index (κ2) is 9.21. The van der Waals surface area contributed by atoms with Crippen LogP contribution in [0, 0.1) is 17.8 Å². The number of likely N-dealkylation sites (tertiary alicyclic amines) is 1. The zero-order valence-corrected chi connectivity index (χ0v) is 21.5. The van der Waals surface area contributed by atoms with E-state index in [1.807, 2.05) is 65.0 Å². The van der Waals surface area contributed by atoms with Gasteiger partial charge in [-0.25, -0.2) is 0 Å². The van der Waals surface area contributed by atoms with Crippen LogP contribution in [-0.4, -0.2) is 63.7 Å². The van der Waals surface area contributed by atoms with Crippen LogP contribution in [0.1, 0.15) is 60.3 Å². The number of fused-ring (bicyclic) bond motifs is 1. The van der Waals surface area contributed by atoms with Gasteiger partial charge < -0.3 is 25.4 Å². The first-order valence-corrected chi connectivity index (χ1v) is 12.7. The first kappa shape index (κ1) is 25.6. The maximum Gasteiger partial charge on any atom is 0.246 e. The average molecular weight is 486 g/mol. The van der Waals surface area contributed by atoms with E-state index in [1.54, 1.807) is 4.90 Å². The lowest BCUT2D eigenvalue weighted by molar-refractivity contribution is -0.147. The quantitative estimate of drug-likeness (QED) is 0.491. The number of rotatable bonds is 8. The van der Waals surface area contributed by atoms with Crippen molar-refractivity contribution in [1.29, 1.82) is 0 Å². The van der Waals surface area contributed by atoms with Crippen LogP contribution in [0.5, 0.6) is 0 Å². The lowest BCUT2D eigenvalue weighted by atomic mass is 9.62. The number of carbonyl (C=O) groups excluding carboxylic acids is 3. The van der Waals surface area contributed by atoms with Gasteiger partial charge in [0.25, 0.3) is 0 Å². The number of amides is 3. The van der Waals surface area contributed by atoms with Gasteiger partial charge in [-0.1, -0.05) is 25.1 Å². The number of nitrogens with one attached hydrogen (secondary N) is 2. The van der Waals surface area contributed by atoms with E-state index in [4.69, 9.17) is 9.84 Å². The predicted octanol–water partition coefficient (Wildman–Crippen LogP) is 2.71. The van der Waals surface area contributed by atoms with Gasteiger partial charge in [-0.2, -0.15) is 0 Å². The molecule has 6 atom stereocenters. The molecular weight excluding hydrogens is 446 g/mol. The van der Waals surface area contributed by atoms with Crippen molar-refractivity contribution in [2.45, 2.75) is 83.1 Å². The molecule has 3 N–H and O–H groups in total. The lowest BCUT2D eigenvalue weighted by Crippen LogP contribution is -2.58. The Morgan fingerprint density at radius 1 is 1.14 bits per heavy atom. The van der Waals surface area contributed by atoms with Crippen LogP contribution in [0.25, 0.3) is 0 Å². The third-order valence-electron chi connectivity index (χ3n) is 7.94. The van der Waals surface area contributed by atoms with E-state index in [0.29, 0.717) is 31.5 Å². The van der Waals surface area contributed by atoms with E-state index in [1.165, 1.54) is 0 Å². The number of aliphatic hydroxyl groups is 1. The van der Waals surface area contributed by atoms with Gasteiger partial charge >= 0.3 is 0 Å². The Bertz CT molecular complexity index is 977. The van der Waals surface area contributed by atoms with E-state index in [0.717, 1.165) is 6.42 Å². The molecule has 8 heteroatoms. The summed E-state index contributed by atoms with van der Waals surface area (Å²) in [5.74, 6) is -2.10. The smallest absolute Gasteiger partial charge is 0.246 e. The fourth-order valence-corrected chi connectivity index (χ4v) is 6.43. The van der Waals surface area contributed by atoms with Gasteiger partial charge in [0.15, 0.2) is 0 Å². The monoisotopic (exact) mass is 485 g/mol. The Kier molecular flexibility index (Phi) is 6.74. The topological polar surface area (TPSA) is 108 Å². The molecule has 0 aliphatic carbocycles. The zero-order chi connectivity index (χ0) is 25.6. The van der Waals surface area contributed by atoms with Crippen molar-refractivity contribution in [3.63, 3.8) is 0 Å². The van der Waals surface area contributed by atoms with Gasteiger partial charge in [0, 0.05) is 24.4 Å². The Morgan fingerprint density at radius 2 is 1.83 bits per heavy atom. The summed E-state index contributed by atoms with van der Waals surface area (Å²) in [6.45, 7) is 10.2. The molecule has 0 aromatic heterocycles. The van der Waals surface area contributed by atoms with Crippen LogP contribution in [0.4, 0.5) is 5.69 Å². The van der Waals surface area contributed by atoms with Crippen molar-refractivity contribution >= 4 is 23.4 Å². The Morgan fingerprint density at radius 3 is 2.46 bits per heavy atom. The molecule has 2 bridgehead atoms. The summed E-state index contributed by atoms with van der Waals surface area (Å²) in [6.07, 6.45) is 2.61. The standard InChI is InChI=1S/C27H39N3O5/c1-17-16-27-20(19(26(17,5)35-27)22(32)28-18-12-8-6-9-13-18)24(34)30(14-10-7-11-15-31)21(27)23(33)29-25(2,3)4/h6,8-9,12-13,17,19-21,31H,7,10-11,14-16H2,1-5H3,(H,28,32)(H,29,33)/t17?,19-,20-,21?,26+,27?/m0/s1. The SMILES string of the molecule is CC1CC23O[C@@]1(C)[C@H](C(=O)Nc1ccccc1)[C@H]2C(=O)N(CCCCCO)C3C(=O)NC(C)(C)C. The van der Waals surface area contributed by atoms with Gasteiger partial charge in [0.1, 0.15) is 11.6 Å². The number of unbranched alkanes of at least 4 members (excludes halogenated alkanes) is 2. The van der Waals surface area contributed by atoms with Crippen molar-refractivity contribution in [3.8, 4) is 0 Å². The van der Waals surface area contributed by atoms with Crippen molar-refractivity contribution < 1.29 is 24.2 Å². The van der Waals surface area contributed by atoms with E-state index >= 15 is 0 Å². The Hall–Kier alpha value is -2.45. The van der Waals surface area contributed by atoms with Crippen LogP contribution >= 0.6 is 0 Å². The number of benzene rings is 1. The lowest BCUT2D eigenvalue weighted by Gasteiger charge is -2.36. The molecule has 3 unspecified atom stereocenters. The number of carbonyl (C=O) groups is 3. The van der Waals surface area contributed by atoms with Crippen LogP contribution in [0.2, 0.25) is 0 Å². The third kappa shape index (κ3) is 4.35. The van der Waals surface area contributed by atoms with Gasteiger partial charge in [0.2, 0.25) is 17.7 Å². The first-order chi connectivity index (χ1) is 16.4. The average Bonchev–Trinajstić information content (AvgIpc) is 3.27. The summed E-state index contributed by atoms with van der Waals surface area (Å²) in [4.78, 5) is 43.0. The molecule has 0 saturated carbocycles. The van der Waals surface area contributed by atoms with Crippen molar-refractivity contribution in [3.05, 3.63) is 30.3 Å². The molecule has 35 heavy (non-hydrogen) atoms. The summed E-state index contributed by atoms with van der Waals surface area (Å²) in [7, 11) is 0.